The van der Waals surface area contributed by atoms with E-state index in [0.29, 0.717) is 5.71 Å². The third kappa shape index (κ3) is 1.30. The molecule has 1 heterocycles. The number of benzene rings is 1. The molecule has 1 aromatic heterocycles. The van der Waals surface area contributed by atoms with E-state index in [1.54, 1.807) is 11.3 Å². The summed E-state index contributed by atoms with van der Waals surface area (Å²) < 4.78 is 1.24. The van der Waals surface area contributed by atoms with E-state index in [4.69, 9.17) is 5.21 Å². The summed E-state index contributed by atoms with van der Waals surface area (Å²) in [6.07, 6.45) is 0. The number of nitrogens with zero attached hydrogens (tertiary/aromatic N) is 1. The Bertz CT molecular complexity index is 499. The van der Waals surface area contributed by atoms with Crippen molar-refractivity contribution in [3.63, 3.8) is 0 Å². The SMILES string of the molecule is CC(=NO)c1sc2ccccc2c1C. The summed E-state index contributed by atoms with van der Waals surface area (Å²) in [6, 6.07) is 8.22. The first-order valence-corrected chi connectivity index (χ1v) is 5.23. The third-order valence-corrected chi connectivity index (χ3v) is 3.70. The van der Waals surface area contributed by atoms with Gasteiger partial charge in [0, 0.05) is 4.70 Å². The topological polar surface area (TPSA) is 32.6 Å². The lowest BCUT2D eigenvalue weighted by Gasteiger charge is -1.94. The lowest BCUT2D eigenvalue weighted by Crippen LogP contribution is -1.91. The van der Waals surface area contributed by atoms with Gasteiger partial charge in [-0.05, 0) is 30.9 Å². The maximum Gasteiger partial charge on any atom is 0.0939 e. The van der Waals surface area contributed by atoms with Gasteiger partial charge in [-0.3, -0.25) is 0 Å². The van der Waals surface area contributed by atoms with Crippen LogP contribution in [0.15, 0.2) is 29.4 Å². The van der Waals surface area contributed by atoms with Gasteiger partial charge in [0.25, 0.3) is 0 Å². The van der Waals surface area contributed by atoms with Crippen LogP contribution in [0.25, 0.3) is 10.1 Å². The first kappa shape index (κ1) is 9.21. The van der Waals surface area contributed by atoms with E-state index in [0.717, 1.165) is 4.88 Å². The minimum atomic E-state index is 0.684. The molecule has 0 saturated carbocycles. The van der Waals surface area contributed by atoms with Crippen molar-refractivity contribution in [1.29, 1.82) is 0 Å². The molecule has 0 atom stereocenters. The lowest BCUT2D eigenvalue weighted by molar-refractivity contribution is 0.319. The lowest BCUT2D eigenvalue weighted by atomic mass is 10.1. The van der Waals surface area contributed by atoms with E-state index < -0.39 is 0 Å². The number of rotatable bonds is 1. The van der Waals surface area contributed by atoms with Gasteiger partial charge in [0.1, 0.15) is 0 Å². The molecule has 0 bridgehead atoms. The molecular formula is C11H11NOS. The van der Waals surface area contributed by atoms with Crippen molar-refractivity contribution in [1.82, 2.24) is 0 Å². The number of hydrogen-bond acceptors (Lipinski definition) is 3. The first-order chi connectivity index (χ1) is 6.74. The molecule has 2 nitrogen and oxygen atoms in total. The van der Waals surface area contributed by atoms with Crippen molar-refractivity contribution in [2.24, 2.45) is 5.16 Å². The Morgan fingerprint density at radius 1 is 1.36 bits per heavy atom. The van der Waals surface area contributed by atoms with Crippen LogP contribution in [0.4, 0.5) is 0 Å². The Kier molecular flexibility index (Phi) is 2.25. The molecule has 0 saturated heterocycles. The summed E-state index contributed by atoms with van der Waals surface area (Å²) in [6.45, 7) is 3.88. The highest BCUT2D eigenvalue weighted by molar-refractivity contribution is 7.21. The van der Waals surface area contributed by atoms with Crippen molar-refractivity contribution in [3.05, 3.63) is 34.7 Å². The summed E-state index contributed by atoms with van der Waals surface area (Å²) in [5.41, 5.74) is 1.88. The van der Waals surface area contributed by atoms with Crippen LogP contribution in [0.2, 0.25) is 0 Å². The molecule has 0 spiro atoms. The van der Waals surface area contributed by atoms with E-state index in [1.807, 2.05) is 19.1 Å². The van der Waals surface area contributed by atoms with E-state index >= 15 is 0 Å². The summed E-state index contributed by atoms with van der Waals surface area (Å²) in [5, 5.41) is 13.2. The fourth-order valence-corrected chi connectivity index (χ4v) is 2.71. The van der Waals surface area contributed by atoms with Crippen LogP contribution >= 0.6 is 11.3 Å². The van der Waals surface area contributed by atoms with Gasteiger partial charge in [-0.15, -0.1) is 11.3 Å². The van der Waals surface area contributed by atoms with Gasteiger partial charge in [0.15, 0.2) is 0 Å². The van der Waals surface area contributed by atoms with Gasteiger partial charge in [-0.1, -0.05) is 23.4 Å². The standard InChI is InChI=1S/C11H11NOS/c1-7-9-5-3-4-6-10(9)14-11(7)8(2)12-13/h3-6,13H,1-2H3. The van der Waals surface area contributed by atoms with Crippen LogP contribution in [-0.2, 0) is 0 Å². The van der Waals surface area contributed by atoms with Crippen LogP contribution in [0.5, 0.6) is 0 Å². The minimum Gasteiger partial charge on any atom is -0.411 e. The molecule has 0 fully saturated rings. The highest BCUT2D eigenvalue weighted by Gasteiger charge is 2.09. The monoisotopic (exact) mass is 205 g/mol. The molecule has 2 aromatic rings. The highest BCUT2D eigenvalue weighted by atomic mass is 32.1. The van der Waals surface area contributed by atoms with Crippen LogP contribution in [0.3, 0.4) is 0 Å². The second kappa shape index (κ2) is 3.42. The maximum atomic E-state index is 8.73. The Morgan fingerprint density at radius 3 is 2.71 bits per heavy atom. The van der Waals surface area contributed by atoms with Gasteiger partial charge >= 0.3 is 0 Å². The van der Waals surface area contributed by atoms with E-state index in [2.05, 4.69) is 24.2 Å². The molecule has 0 aliphatic rings. The number of hydrogen-bond donors (Lipinski definition) is 1. The number of fused-ring (bicyclic) bond motifs is 1. The Labute approximate surface area is 86.5 Å². The Balaban J connectivity index is 2.75. The smallest absolute Gasteiger partial charge is 0.0939 e. The van der Waals surface area contributed by atoms with Gasteiger partial charge in [-0.2, -0.15) is 0 Å². The zero-order valence-electron chi connectivity index (χ0n) is 8.11. The minimum absolute atomic E-state index is 0.684. The van der Waals surface area contributed by atoms with Gasteiger partial charge < -0.3 is 5.21 Å². The quantitative estimate of drug-likeness (QED) is 0.432. The van der Waals surface area contributed by atoms with Crippen molar-refractivity contribution in [2.45, 2.75) is 13.8 Å². The predicted molar refractivity (Wildman–Crippen MR) is 60.6 cm³/mol. The predicted octanol–water partition coefficient (Wildman–Crippen LogP) is 3.41. The zero-order valence-corrected chi connectivity index (χ0v) is 8.93. The summed E-state index contributed by atoms with van der Waals surface area (Å²) >= 11 is 1.67. The zero-order chi connectivity index (χ0) is 10.1. The fourth-order valence-electron chi connectivity index (χ4n) is 1.56. The average Bonchev–Trinajstić information content (AvgIpc) is 2.56. The van der Waals surface area contributed by atoms with Gasteiger partial charge in [0.2, 0.25) is 0 Å². The van der Waals surface area contributed by atoms with Crippen LogP contribution in [0.1, 0.15) is 17.4 Å². The number of oxime groups is 1. The van der Waals surface area contributed by atoms with Crippen molar-refractivity contribution < 1.29 is 5.21 Å². The van der Waals surface area contributed by atoms with Crippen LogP contribution < -0.4 is 0 Å². The summed E-state index contributed by atoms with van der Waals surface area (Å²) in [7, 11) is 0. The highest BCUT2D eigenvalue weighted by Crippen LogP contribution is 2.30. The average molecular weight is 205 g/mol. The molecule has 3 heteroatoms. The third-order valence-electron chi connectivity index (χ3n) is 2.32. The van der Waals surface area contributed by atoms with Crippen LogP contribution in [-0.4, -0.2) is 10.9 Å². The number of aryl methyl sites for hydroxylation is 1. The molecule has 14 heavy (non-hydrogen) atoms. The first-order valence-electron chi connectivity index (χ1n) is 4.41. The molecule has 0 radical (unpaired) electrons. The van der Waals surface area contributed by atoms with Crippen molar-refractivity contribution in [2.75, 3.05) is 0 Å². The Morgan fingerprint density at radius 2 is 2.07 bits per heavy atom. The second-order valence-electron chi connectivity index (χ2n) is 3.24. The number of thiophene rings is 1. The van der Waals surface area contributed by atoms with Crippen molar-refractivity contribution in [3.8, 4) is 0 Å². The van der Waals surface area contributed by atoms with Crippen molar-refractivity contribution >= 4 is 27.1 Å². The molecule has 2 rings (SSSR count). The Hall–Kier alpha value is -1.35. The normalized spacial score (nSPS) is 12.3. The van der Waals surface area contributed by atoms with Gasteiger partial charge in [0.05, 0.1) is 10.6 Å². The van der Waals surface area contributed by atoms with Crippen LogP contribution in [0, 0.1) is 6.92 Å². The molecule has 72 valence electrons. The molecule has 1 aromatic carbocycles. The molecular weight excluding hydrogens is 194 g/mol. The molecule has 0 aliphatic heterocycles. The molecule has 0 amide bonds. The molecule has 0 aliphatic carbocycles. The van der Waals surface area contributed by atoms with E-state index in [9.17, 15) is 0 Å². The second-order valence-corrected chi connectivity index (χ2v) is 4.29. The largest absolute Gasteiger partial charge is 0.411 e. The van der Waals surface area contributed by atoms with E-state index in [1.165, 1.54) is 15.6 Å². The summed E-state index contributed by atoms with van der Waals surface area (Å²) in [5.74, 6) is 0. The summed E-state index contributed by atoms with van der Waals surface area (Å²) in [4.78, 5) is 1.06. The van der Waals surface area contributed by atoms with Gasteiger partial charge in [-0.25, -0.2) is 0 Å². The van der Waals surface area contributed by atoms with E-state index in [-0.39, 0.29) is 0 Å². The molecule has 1 N–H and O–H groups in total. The maximum absolute atomic E-state index is 8.73. The molecule has 0 unspecified atom stereocenters. The fraction of sp³-hybridized carbons (Fsp3) is 0.182.